The van der Waals surface area contributed by atoms with E-state index in [0.717, 1.165) is 38.7 Å². The van der Waals surface area contributed by atoms with Gasteiger partial charge in [0.15, 0.2) is 5.96 Å². The molecule has 2 saturated heterocycles. The maximum Gasteiger partial charge on any atom is 0.194 e. The molecule has 0 amide bonds. The molecule has 6 heteroatoms. The van der Waals surface area contributed by atoms with Crippen molar-refractivity contribution < 1.29 is 0 Å². The molecule has 3 rings (SSSR count). The minimum atomic E-state index is 0. The number of benzene rings is 1. The maximum atomic E-state index is 4.51. The molecule has 0 bridgehead atoms. The van der Waals surface area contributed by atoms with Crippen LogP contribution in [0.15, 0.2) is 29.3 Å². The monoisotopic (exact) mass is 499 g/mol. The molecule has 1 aromatic carbocycles. The molecule has 2 aliphatic heterocycles. The van der Waals surface area contributed by atoms with E-state index in [-0.39, 0.29) is 29.5 Å². The summed E-state index contributed by atoms with van der Waals surface area (Å²) in [6, 6.07) is 9.04. The van der Waals surface area contributed by atoms with Gasteiger partial charge in [-0.05, 0) is 32.0 Å². The third-order valence-electron chi connectivity index (χ3n) is 6.83. The Labute approximate surface area is 188 Å². The highest BCUT2D eigenvalue weighted by molar-refractivity contribution is 14.0. The normalized spacial score (nSPS) is 22.4. The van der Waals surface area contributed by atoms with Gasteiger partial charge in [-0.1, -0.05) is 38.1 Å². The molecule has 0 saturated carbocycles. The van der Waals surface area contributed by atoms with Gasteiger partial charge in [-0.15, -0.1) is 24.0 Å². The third kappa shape index (κ3) is 5.00. The van der Waals surface area contributed by atoms with Crippen LogP contribution in [-0.2, 0) is 13.1 Å². The third-order valence-corrected chi connectivity index (χ3v) is 6.83. The van der Waals surface area contributed by atoms with Gasteiger partial charge < -0.3 is 15.1 Å². The van der Waals surface area contributed by atoms with Crippen LogP contribution in [0, 0.1) is 5.41 Å². The Morgan fingerprint density at radius 2 is 1.57 bits per heavy atom. The molecule has 0 spiro atoms. The van der Waals surface area contributed by atoms with Gasteiger partial charge in [0, 0.05) is 63.8 Å². The van der Waals surface area contributed by atoms with E-state index in [2.05, 4.69) is 84.0 Å². The molecule has 28 heavy (non-hydrogen) atoms. The summed E-state index contributed by atoms with van der Waals surface area (Å²) >= 11 is 0. The summed E-state index contributed by atoms with van der Waals surface area (Å²) < 4.78 is 0. The van der Waals surface area contributed by atoms with E-state index < -0.39 is 0 Å². The van der Waals surface area contributed by atoms with Crippen molar-refractivity contribution in [1.82, 2.24) is 20.0 Å². The summed E-state index contributed by atoms with van der Waals surface area (Å²) in [4.78, 5) is 11.8. The molecule has 0 atom stereocenters. The number of guanidine groups is 1. The van der Waals surface area contributed by atoms with Crippen molar-refractivity contribution in [3.8, 4) is 0 Å². The molecule has 158 valence electrons. The quantitative estimate of drug-likeness (QED) is 0.392. The maximum absolute atomic E-state index is 4.51. The highest BCUT2D eigenvalue weighted by Gasteiger charge is 2.53. The smallest absolute Gasteiger partial charge is 0.194 e. The van der Waals surface area contributed by atoms with Gasteiger partial charge in [0.05, 0.1) is 0 Å². The van der Waals surface area contributed by atoms with Gasteiger partial charge in [0.1, 0.15) is 0 Å². The van der Waals surface area contributed by atoms with E-state index in [1.165, 1.54) is 24.2 Å². The van der Waals surface area contributed by atoms with Crippen LogP contribution in [0.5, 0.6) is 0 Å². The second-order valence-corrected chi connectivity index (χ2v) is 9.33. The molecule has 2 aliphatic rings. The number of rotatable bonds is 4. The van der Waals surface area contributed by atoms with Crippen molar-refractivity contribution in [2.45, 2.75) is 46.3 Å². The van der Waals surface area contributed by atoms with Gasteiger partial charge in [-0.25, -0.2) is 0 Å². The summed E-state index contributed by atoms with van der Waals surface area (Å²) in [5.41, 5.74) is 3.14. The fourth-order valence-electron chi connectivity index (χ4n) is 3.90. The summed E-state index contributed by atoms with van der Waals surface area (Å²) in [7, 11) is 4.08. The molecular formula is C22H38IN5. The number of nitrogens with one attached hydrogen (secondary N) is 1. The molecule has 2 heterocycles. The average Bonchev–Trinajstić information content (AvgIpc) is 2.64. The zero-order valence-electron chi connectivity index (χ0n) is 18.5. The Hall–Kier alpha value is -0.860. The van der Waals surface area contributed by atoms with Crippen LogP contribution in [0.4, 0.5) is 0 Å². The molecule has 2 fully saturated rings. The van der Waals surface area contributed by atoms with Crippen molar-refractivity contribution in [1.29, 1.82) is 0 Å². The van der Waals surface area contributed by atoms with E-state index in [4.69, 9.17) is 0 Å². The Balaban J connectivity index is 0.00000280. The number of hydrogen-bond acceptors (Lipinski definition) is 3. The Morgan fingerprint density at radius 1 is 1.00 bits per heavy atom. The summed E-state index contributed by atoms with van der Waals surface area (Å²) in [5, 5.41) is 3.55. The van der Waals surface area contributed by atoms with Gasteiger partial charge in [-0.2, -0.15) is 0 Å². The Bertz CT molecular complexity index is 660. The van der Waals surface area contributed by atoms with Crippen molar-refractivity contribution in [3.63, 3.8) is 0 Å². The minimum Gasteiger partial charge on any atom is -0.352 e. The molecule has 5 nitrogen and oxygen atoms in total. The van der Waals surface area contributed by atoms with Gasteiger partial charge in [0.2, 0.25) is 0 Å². The van der Waals surface area contributed by atoms with Crippen LogP contribution in [0.1, 0.15) is 38.8 Å². The standard InChI is InChI=1S/C22H37N5.HI/c1-21(2)17-27(22(21,3)4)20(23-5)24-15-18-7-9-19(10-8-18)16-26-13-11-25(6)12-14-26;/h7-10H,11-17H2,1-6H3,(H,23,24);1H. The summed E-state index contributed by atoms with van der Waals surface area (Å²) in [5.74, 6) is 1.00. The first kappa shape index (κ1) is 23.4. The van der Waals surface area contributed by atoms with E-state index in [0.29, 0.717) is 5.41 Å². The van der Waals surface area contributed by atoms with Crippen LogP contribution in [0.3, 0.4) is 0 Å². The lowest BCUT2D eigenvalue weighted by atomic mass is 9.65. The highest BCUT2D eigenvalue weighted by Crippen LogP contribution is 2.46. The Morgan fingerprint density at radius 3 is 2.07 bits per heavy atom. The first-order valence-corrected chi connectivity index (χ1v) is 10.2. The molecule has 0 unspecified atom stereocenters. The van der Waals surface area contributed by atoms with Crippen LogP contribution < -0.4 is 5.32 Å². The molecule has 0 radical (unpaired) electrons. The average molecular weight is 499 g/mol. The zero-order valence-corrected chi connectivity index (χ0v) is 20.8. The lowest BCUT2D eigenvalue weighted by Crippen LogP contribution is -2.72. The molecule has 1 aromatic rings. The van der Waals surface area contributed by atoms with Crippen molar-refractivity contribution in [2.75, 3.05) is 46.8 Å². The zero-order chi connectivity index (χ0) is 19.7. The van der Waals surface area contributed by atoms with Crippen LogP contribution >= 0.6 is 24.0 Å². The number of nitrogens with zero attached hydrogens (tertiary/aromatic N) is 4. The number of halogens is 1. The minimum absolute atomic E-state index is 0. The number of aliphatic imine (C=N–C) groups is 1. The largest absolute Gasteiger partial charge is 0.352 e. The number of likely N-dealkylation sites (tertiary alicyclic amines) is 1. The van der Waals surface area contributed by atoms with E-state index in [1.54, 1.807) is 0 Å². The van der Waals surface area contributed by atoms with Crippen molar-refractivity contribution in [2.24, 2.45) is 10.4 Å². The number of likely N-dealkylation sites (N-methyl/N-ethyl adjacent to an activating group) is 1. The highest BCUT2D eigenvalue weighted by atomic mass is 127. The van der Waals surface area contributed by atoms with E-state index in [1.807, 2.05) is 7.05 Å². The molecule has 0 aliphatic carbocycles. The SMILES string of the molecule is CN=C(NCc1ccc(CN2CCN(C)CC2)cc1)N1CC(C)(C)C1(C)C.I. The van der Waals surface area contributed by atoms with Gasteiger partial charge >= 0.3 is 0 Å². The van der Waals surface area contributed by atoms with Crippen LogP contribution in [0.2, 0.25) is 0 Å². The lowest BCUT2D eigenvalue weighted by molar-refractivity contribution is -0.0667. The number of hydrogen-bond donors (Lipinski definition) is 1. The first-order valence-electron chi connectivity index (χ1n) is 10.2. The van der Waals surface area contributed by atoms with E-state index >= 15 is 0 Å². The molecular weight excluding hydrogens is 461 g/mol. The fraction of sp³-hybridized carbons (Fsp3) is 0.682. The van der Waals surface area contributed by atoms with Crippen LogP contribution in [0.25, 0.3) is 0 Å². The van der Waals surface area contributed by atoms with Gasteiger partial charge in [0.25, 0.3) is 0 Å². The van der Waals surface area contributed by atoms with Crippen molar-refractivity contribution in [3.05, 3.63) is 35.4 Å². The van der Waals surface area contributed by atoms with Crippen LogP contribution in [-0.4, -0.2) is 73.0 Å². The van der Waals surface area contributed by atoms with Crippen molar-refractivity contribution >= 4 is 29.9 Å². The first-order chi connectivity index (χ1) is 12.7. The second-order valence-electron chi connectivity index (χ2n) is 9.33. The van der Waals surface area contributed by atoms with E-state index in [9.17, 15) is 0 Å². The predicted molar refractivity (Wildman–Crippen MR) is 129 cm³/mol. The molecule has 0 aromatic heterocycles. The van der Waals surface area contributed by atoms with Gasteiger partial charge in [-0.3, -0.25) is 9.89 Å². The topological polar surface area (TPSA) is 34.1 Å². The lowest BCUT2D eigenvalue weighted by Gasteiger charge is -2.62. The predicted octanol–water partition coefficient (Wildman–Crippen LogP) is 3.25. The second kappa shape index (κ2) is 9.30. The Kier molecular flexibility index (Phi) is 7.78. The fourth-order valence-corrected chi connectivity index (χ4v) is 3.90. The summed E-state index contributed by atoms with van der Waals surface area (Å²) in [6.07, 6.45) is 0. The summed E-state index contributed by atoms with van der Waals surface area (Å²) in [6.45, 7) is 16.9. The molecule has 1 N–H and O–H groups in total. The number of piperazine rings is 1.